The fourth-order valence-corrected chi connectivity index (χ4v) is 2.33. The van der Waals surface area contributed by atoms with Gasteiger partial charge in [0.05, 0.1) is 5.56 Å². The Hall–Kier alpha value is -0.810. The van der Waals surface area contributed by atoms with Crippen molar-refractivity contribution in [2.75, 3.05) is 23.9 Å². The number of hydrogen-bond donors (Lipinski definition) is 2. The van der Waals surface area contributed by atoms with Crippen LogP contribution in [0.5, 0.6) is 0 Å². The molecule has 0 aliphatic heterocycles. The number of nitrogens with zero attached hydrogens (tertiary/aromatic N) is 1. The van der Waals surface area contributed by atoms with Crippen LogP contribution in [0.2, 0.25) is 0 Å². The average molecular weight is 283 g/mol. The van der Waals surface area contributed by atoms with E-state index in [0.717, 1.165) is 24.3 Å². The van der Waals surface area contributed by atoms with E-state index in [4.69, 9.17) is 18.0 Å². The van der Waals surface area contributed by atoms with Gasteiger partial charge in [0.1, 0.15) is 10.8 Å². The molecule has 1 aromatic heterocycles. The van der Waals surface area contributed by atoms with Crippen LogP contribution in [0.25, 0.3) is 0 Å². The molecule has 3 nitrogen and oxygen atoms in total. The minimum absolute atomic E-state index is 0.394. The molecule has 3 N–H and O–H groups in total. The Kier molecular flexibility index (Phi) is 7.76. The summed E-state index contributed by atoms with van der Waals surface area (Å²) >= 11 is 6.91. The predicted molar refractivity (Wildman–Crippen MR) is 85.5 cm³/mol. The number of aromatic nitrogens is 1. The molecule has 5 heteroatoms. The fraction of sp³-hybridized carbons (Fsp3) is 0.538. The SMILES string of the molecule is CSCCCCCCNc1ncccc1C(N)=S. The summed E-state index contributed by atoms with van der Waals surface area (Å²) < 4.78 is 0. The molecule has 18 heavy (non-hydrogen) atoms. The summed E-state index contributed by atoms with van der Waals surface area (Å²) in [6, 6.07) is 3.75. The van der Waals surface area contributed by atoms with E-state index in [-0.39, 0.29) is 0 Å². The summed E-state index contributed by atoms with van der Waals surface area (Å²) in [6.45, 7) is 0.923. The molecular formula is C13H21N3S2. The third-order valence-electron chi connectivity index (χ3n) is 2.64. The minimum atomic E-state index is 0.394. The lowest BCUT2D eigenvalue weighted by molar-refractivity contribution is 0.688. The van der Waals surface area contributed by atoms with Crippen LogP contribution in [-0.4, -0.2) is 28.5 Å². The van der Waals surface area contributed by atoms with E-state index in [1.54, 1.807) is 6.20 Å². The highest BCUT2D eigenvalue weighted by molar-refractivity contribution is 7.98. The zero-order chi connectivity index (χ0) is 13.2. The van der Waals surface area contributed by atoms with E-state index >= 15 is 0 Å². The monoisotopic (exact) mass is 283 g/mol. The van der Waals surface area contributed by atoms with Crippen molar-refractivity contribution in [2.45, 2.75) is 25.7 Å². The first-order valence-electron chi connectivity index (χ1n) is 6.23. The molecule has 0 saturated carbocycles. The summed E-state index contributed by atoms with van der Waals surface area (Å²) in [5.74, 6) is 2.06. The fourth-order valence-electron chi connectivity index (χ4n) is 1.68. The number of unbranched alkanes of at least 4 members (excludes halogenated alkanes) is 3. The molecule has 0 aliphatic carbocycles. The highest BCUT2D eigenvalue weighted by Gasteiger charge is 2.04. The lowest BCUT2D eigenvalue weighted by atomic mass is 10.2. The topological polar surface area (TPSA) is 50.9 Å². The van der Waals surface area contributed by atoms with Crippen molar-refractivity contribution in [1.82, 2.24) is 4.98 Å². The Bertz CT molecular complexity index is 369. The molecule has 100 valence electrons. The van der Waals surface area contributed by atoms with Gasteiger partial charge in [-0.2, -0.15) is 11.8 Å². The Morgan fingerprint density at radius 2 is 2.17 bits per heavy atom. The van der Waals surface area contributed by atoms with E-state index in [2.05, 4.69) is 16.6 Å². The van der Waals surface area contributed by atoms with Crippen LogP contribution in [0.4, 0.5) is 5.82 Å². The highest BCUT2D eigenvalue weighted by atomic mass is 32.2. The number of thiocarbonyl (C=S) groups is 1. The molecule has 0 radical (unpaired) electrons. The molecular weight excluding hydrogens is 262 g/mol. The highest BCUT2D eigenvalue weighted by Crippen LogP contribution is 2.11. The van der Waals surface area contributed by atoms with Gasteiger partial charge in [0.2, 0.25) is 0 Å². The number of anilines is 1. The number of nitrogens with two attached hydrogens (primary N) is 1. The van der Waals surface area contributed by atoms with Gasteiger partial charge in [-0.1, -0.05) is 25.1 Å². The first kappa shape index (κ1) is 15.2. The summed E-state index contributed by atoms with van der Waals surface area (Å²) in [4.78, 5) is 4.66. The second kappa shape index (κ2) is 9.16. The molecule has 0 atom stereocenters. The van der Waals surface area contributed by atoms with Gasteiger partial charge in [-0.25, -0.2) is 4.98 Å². The molecule has 0 aromatic carbocycles. The predicted octanol–water partition coefficient (Wildman–Crippen LogP) is 3.05. The number of pyridine rings is 1. The van der Waals surface area contributed by atoms with Crippen molar-refractivity contribution < 1.29 is 0 Å². The van der Waals surface area contributed by atoms with Crippen LogP contribution < -0.4 is 11.1 Å². The molecule has 0 unspecified atom stereocenters. The molecule has 1 rings (SSSR count). The van der Waals surface area contributed by atoms with Gasteiger partial charge < -0.3 is 11.1 Å². The van der Waals surface area contributed by atoms with Crippen LogP contribution in [0.15, 0.2) is 18.3 Å². The maximum Gasteiger partial charge on any atom is 0.136 e. The normalized spacial score (nSPS) is 10.3. The third-order valence-corrected chi connectivity index (χ3v) is 3.56. The lowest BCUT2D eigenvalue weighted by Gasteiger charge is -2.09. The van der Waals surface area contributed by atoms with Crippen LogP contribution in [-0.2, 0) is 0 Å². The van der Waals surface area contributed by atoms with Gasteiger partial charge in [-0.05, 0) is 37.0 Å². The number of hydrogen-bond acceptors (Lipinski definition) is 4. The zero-order valence-corrected chi connectivity index (χ0v) is 12.4. The van der Waals surface area contributed by atoms with Crippen molar-refractivity contribution in [3.63, 3.8) is 0 Å². The van der Waals surface area contributed by atoms with Gasteiger partial charge in [0, 0.05) is 12.7 Å². The number of thioether (sulfide) groups is 1. The standard InChI is InChI=1S/C13H21N3S2/c1-18-10-5-3-2-4-8-15-13-11(12(14)17)7-6-9-16-13/h6-7,9H,2-5,8,10H2,1H3,(H2,14,17)(H,15,16). The van der Waals surface area contributed by atoms with Crippen molar-refractivity contribution in [2.24, 2.45) is 5.73 Å². The molecule has 0 aliphatic rings. The van der Waals surface area contributed by atoms with Crippen LogP contribution in [0.1, 0.15) is 31.2 Å². The summed E-state index contributed by atoms with van der Waals surface area (Å²) in [5.41, 5.74) is 6.48. The van der Waals surface area contributed by atoms with E-state index in [9.17, 15) is 0 Å². The first-order valence-corrected chi connectivity index (χ1v) is 8.03. The van der Waals surface area contributed by atoms with Crippen LogP contribution in [0.3, 0.4) is 0 Å². The van der Waals surface area contributed by atoms with E-state index in [1.165, 1.54) is 25.0 Å². The minimum Gasteiger partial charge on any atom is -0.389 e. The molecule has 0 spiro atoms. The summed E-state index contributed by atoms with van der Waals surface area (Å²) in [6.07, 6.45) is 8.92. The quantitative estimate of drug-likeness (QED) is 0.539. The maximum atomic E-state index is 5.65. The Balaban J connectivity index is 2.25. The molecule has 0 amide bonds. The zero-order valence-electron chi connectivity index (χ0n) is 10.8. The third kappa shape index (κ3) is 5.69. The van der Waals surface area contributed by atoms with E-state index < -0.39 is 0 Å². The maximum absolute atomic E-state index is 5.65. The van der Waals surface area contributed by atoms with Crippen LogP contribution in [0, 0.1) is 0 Å². The first-order chi connectivity index (χ1) is 8.75. The largest absolute Gasteiger partial charge is 0.389 e. The molecule has 1 aromatic rings. The van der Waals surface area contributed by atoms with Gasteiger partial charge in [0.25, 0.3) is 0 Å². The smallest absolute Gasteiger partial charge is 0.136 e. The summed E-state index contributed by atoms with van der Waals surface area (Å²) in [5, 5.41) is 3.30. The van der Waals surface area contributed by atoms with Crippen molar-refractivity contribution in [3.05, 3.63) is 23.9 Å². The van der Waals surface area contributed by atoms with Gasteiger partial charge >= 0.3 is 0 Å². The summed E-state index contributed by atoms with van der Waals surface area (Å²) in [7, 11) is 0. The van der Waals surface area contributed by atoms with Gasteiger partial charge in [-0.3, -0.25) is 0 Å². The Labute approximate surface area is 119 Å². The molecule has 1 heterocycles. The Morgan fingerprint density at radius 3 is 2.89 bits per heavy atom. The van der Waals surface area contributed by atoms with Crippen LogP contribution >= 0.6 is 24.0 Å². The second-order valence-corrected chi connectivity index (χ2v) is 5.52. The molecule has 0 bridgehead atoms. The van der Waals surface area contributed by atoms with E-state index in [1.807, 2.05) is 23.9 Å². The van der Waals surface area contributed by atoms with Gasteiger partial charge in [-0.15, -0.1) is 0 Å². The Morgan fingerprint density at radius 1 is 1.39 bits per heavy atom. The van der Waals surface area contributed by atoms with E-state index in [0.29, 0.717) is 4.99 Å². The molecule has 0 fully saturated rings. The van der Waals surface area contributed by atoms with Crippen molar-refractivity contribution in [1.29, 1.82) is 0 Å². The number of rotatable bonds is 9. The lowest BCUT2D eigenvalue weighted by Crippen LogP contribution is -2.14. The van der Waals surface area contributed by atoms with Crippen molar-refractivity contribution >= 4 is 34.8 Å². The van der Waals surface area contributed by atoms with Gasteiger partial charge in [0.15, 0.2) is 0 Å². The average Bonchev–Trinajstić information content (AvgIpc) is 2.38. The molecule has 0 saturated heterocycles. The van der Waals surface area contributed by atoms with Crippen molar-refractivity contribution in [3.8, 4) is 0 Å². The second-order valence-electron chi connectivity index (χ2n) is 4.10. The number of nitrogens with one attached hydrogen (secondary N) is 1.